The van der Waals surface area contributed by atoms with Crippen molar-refractivity contribution in [3.8, 4) is 0 Å². The van der Waals surface area contributed by atoms with Crippen molar-refractivity contribution in [1.82, 2.24) is 10.6 Å². The van der Waals surface area contributed by atoms with Crippen molar-refractivity contribution >= 4 is 5.78 Å². The van der Waals surface area contributed by atoms with Gasteiger partial charge < -0.3 is 29.6 Å². The monoisotopic (exact) mass is 362 g/mol. The van der Waals surface area contributed by atoms with Crippen LogP contribution < -0.4 is 10.6 Å². The van der Waals surface area contributed by atoms with E-state index in [9.17, 15) is 4.79 Å². The van der Waals surface area contributed by atoms with Gasteiger partial charge in [-0.1, -0.05) is 27.7 Å². The summed E-state index contributed by atoms with van der Waals surface area (Å²) in [5, 5.41) is 6.35. The molecule has 25 heavy (non-hydrogen) atoms. The van der Waals surface area contributed by atoms with E-state index in [1.54, 1.807) is 0 Å². The lowest BCUT2D eigenvalue weighted by Crippen LogP contribution is -2.29. The van der Waals surface area contributed by atoms with Crippen LogP contribution in [-0.2, 0) is 23.7 Å². The first-order chi connectivity index (χ1) is 12.0. The summed E-state index contributed by atoms with van der Waals surface area (Å²) in [7, 11) is 0. The van der Waals surface area contributed by atoms with Crippen molar-refractivity contribution in [1.29, 1.82) is 0 Å². The van der Waals surface area contributed by atoms with Crippen molar-refractivity contribution in [3.05, 3.63) is 0 Å². The summed E-state index contributed by atoms with van der Waals surface area (Å²) >= 11 is 0. The minimum Gasteiger partial charge on any atom is -0.378 e. The van der Waals surface area contributed by atoms with Gasteiger partial charge in [0.15, 0.2) is 0 Å². The maximum absolute atomic E-state index is 11.4. The molecule has 0 aliphatic rings. The molecule has 0 radical (unpaired) electrons. The van der Waals surface area contributed by atoms with Crippen LogP contribution in [0.3, 0.4) is 0 Å². The Morgan fingerprint density at radius 3 is 1.60 bits per heavy atom. The Hall–Kier alpha value is -0.570. The zero-order chi connectivity index (χ0) is 18.8. The van der Waals surface area contributed by atoms with Crippen molar-refractivity contribution < 1.29 is 23.7 Å². The molecule has 0 aromatic carbocycles. The summed E-state index contributed by atoms with van der Waals surface area (Å²) in [6, 6.07) is 0.492. The van der Waals surface area contributed by atoms with Gasteiger partial charge in [-0.2, -0.15) is 0 Å². The van der Waals surface area contributed by atoms with Crippen LogP contribution in [0.15, 0.2) is 0 Å². The standard InChI is InChI=1S/C18H38N2O5/c1-16(2)18(21)15-19-5-7-22-9-11-24-13-14-25-12-10-23-8-6-20-17(3)4/h16-17,19-20H,5-15H2,1-4H3. The van der Waals surface area contributed by atoms with E-state index in [2.05, 4.69) is 24.5 Å². The van der Waals surface area contributed by atoms with Gasteiger partial charge in [-0.15, -0.1) is 0 Å². The lowest BCUT2D eigenvalue weighted by atomic mass is 10.1. The molecule has 2 N–H and O–H groups in total. The fourth-order valence-corrected chi connectivity index (χ4v) is 1.74. The largest absolute Gasteiger partial charge is 0.378 e. The van der Waals surface area contributed by atoms with Gasteiger partial charge in [0.25, 0.3) is 0 Å². The highest BCUT2D eigenvalue weighted by Gasteiger charge is 2.05. The number of hydrogen-bond acceptors (Lipinski definition) is 7. The average molecular weight is 363 g/mol. The Bertz CT molecular complexity index is 301. The van der Waals surface area contributed by atoms with E-state index in [4.69, 9.17) is 18.9 Å². The molecule has 0 unspecified atom stereocenters. The Morgan fingerprint density at radius 1 is 0.720 bits per heavy atom. The number of hydrogen-bond donors (Lipinski definition) is 2. The molecule has 0 aliphatic heterocycles. The number of Topliss-reactive ketones (excluding diaryl/α,β-unsaturated/α-hetero) is 1. The molecule has 0 saturated carbocycles. The molecular formula is C18H38N2O5. The predicted octanol–water partition coefficient (Wildman–Crippen LogP) is 0.866. The average Bonchev–Trinajstić information content (AvgIpc) is 2.57. The summed E-state index contributed by atoms with van der Waals surface area (Å²) in [6.07, 6.45) is 0. The quantitative estimate of drug-likeness (QED) is 0.330. The number of carbonyl (C=O) groups excluding carboxylic acids is 1. The Labute approximate surface area is 153 Å². The maximum atomic E-state index is 11.4. The molecule has 0 heterocycles. The first-order valence-electron chi connectivity index (χ1n) is 9.31. The number of nitrogens with one attached hydrogen (secondary N) is 2. The molecule has 0 aromatic rings. The molecule has 0 fully saturated rings. The first kappa shape index (κ1) is 24.4. The van der Waals surface area contributed by atoms with E-state index in [1.807, 2.05) is 13.8 Å². The highest BCUT2D eigenvalue weighted by Crippen LogP contribution is 1.91. The fourth-order valence-electron chi connectivity index (χ4n) is 1.74. The highest BCUT2D eigenvalue weighted by atomic mass is 16.6. The van der Waals surface area contributed by atoms with Crippen LogP contribution in [0, 0.1) is 5.92 Å². The van der Waals surface area contributed by atoms with Crippen molar-refractivity contribution in [2.75, 3.05) is 72.5 Å². The van der Waals surface area contributed by atoms with E-state index in [1.165, 1.54) is 0 Å². The smallest absolute Gasteiger partial charge is 0.149 e. The summed E-state index contributed by atoms with van der Waals surface area (Å²) in [5.41, 5.74) is 0. The van der Waals surface area contributed by atoms with E-state index < -0.39 is 0 Å². The molecule has 0 saturated heterocycles. The zero-order valence-electron chi connectivity index (χ0n) is 16.5. The Kier molecular flexibility index (Phi) is 17.8. The van der Waals surface area contributed by atoms with Crippen LogP contribution in [0.4, 0.5) is 0 Å². The summed E-state index contributed by atoms with van der Waals surface area (Å²) < 4.78 is 21.7. The molecule has 0 amide bonds. The van der Waals surface area contributed by atoms with Gasteiger partial charge in [0.2, 0.25) is 0 Å². The fraction of sp³-hybridized carbons (Fsp3) is 0.944. The van der Waals surface area contributed by atoms with Crippen LogP contribution in [0.25, 0.3) is 0 Å². The molecule has 0 aromatic heterocycles. The second kappa shape index (κ2) is 18.2. The molecule has 0 bridgehead atoms. The van der Waals surface area contributed by atoms with Crippen LogP contribution in [0.1, 0.15) is 27.7 Å². The summed E-state index contributed by atoms with van der Waals surface area (Å²) in [4.78, 5) is 11.4. The van der Waals surface area contributed by atoms with Gasteiger partial charge in [-0.05, 0) is 0 Å². The van der Waals surface area contributed by atoms with E-state index in [-0.39, 0.29) is 11.7 Å². The SMILES string of the molecule is CC(C)NCCOCCOCCOCCOCCNCC(=O)C(C)C. The van der Waals surface area contributed by atoms with Crippen LogP contribution >= 0.6 is 0 Å². The maximum Gasteiger partial charge on any atom is 0.149 e. The lowest BCUT2D eigenvalue weighted by Gasteiger charge is -2.09. The van der Waals surface area contributed by atoms with Gasteiger partial charge in [0.05, 0.1) is 59.4 Å². The topological polar surface area (TPSA) is 78.1 Å². The van der Waals surface area contributed by atoms with E-state index in [0.29, 0.717) is 72.0 Å². The number of rotatable bonds is 19. The molecular weight excluding hydrogens is 324 g/mol. The van der Waals surface area contributed by atoms with Gasteiger partial charge in [-0.3, -0.25) is 4.79 Å². The zero-order valence-corrected chi connectivity index (χ0v) is 16.5. The van der Waals surface area contributed by atoms with E-state index >= 15 is 0 Å². The Morgan fingerprint density at radius 2 is 1.16 bits per heavy atom. The van der Waals surface area contributed by atoms with Gasteiger partial charge >= 0.3 is 0 Å². The molecule has 150 valence electrons. The summed E-state index contributed by atoms with van der Waals surface area (Å²) in [5.74, 6) is 0.304. The first-order valence-corrected chi connectivity index (χ1v) is 9.31. The summed E-state index contributed by atoms with van der Waals surface area (Å²) in [6.45, 7) is 14.7. The molecule has 0 rings (SSSR count). The van der Waals surface area contributed by atoms with Crippen molar-refractivity contribution in [2.24, 2.45) is 5.92 Å². The van der Waals surface area contributed by atoms with Crippen molar-refractivity contribution in [3.63, 3.8) is 0 Å². The minimum atomic E-state index is 0.0810. The Balaban J connectivity index is 3.06. The normalized spacial score (nSPS) is 11.6. The van der Waals surface area contributed by atoms with E-state index in [0.717, 1.165) is 6.54 Å². The predicted molar refractivity (Wildman–Crippen MR) is 99.1 cm³/mol. The number of ketones is 1. The van der Waals surface area contributed by atoms with Crippen LogP contribution in [0.5, 0.6) is 0 Å². The third kappa shape index (κ3) is 19.6. The molecule has 7 nitrogen and oxygen atoms in total. The third-order valence-corrected chi connectivity index (χ3v) is 3.28. The van der Waals surface area contributed by atoms with Crippen molar-refractivity contribution in [2.45, 2.75) is 33.7 Å². The minimum absolute atomic E-state index is 0.0810. The molecule has 0 aliphatic carbocycles. The van der Waals surface area contributed by atoms with Crippen LogP contribution in [0.2, 0.25) is 0 Å². The molecule has 0 atom stereocenters. The number of carbonyl (C=O) groups is 1. The van der Waals surface area contributed by atoms with Gasteiger partial charge in [-0.25, -0.2) is 0 Å². The third-order valence-electron chi connectivity index (χ3n) is 3.28. The molecule has 7 heteroatoms. The highest BCUT2D eigenvalue weighted by molar-refractivity contribution is 5.82. The van der Waals surface area contributed by atoms with Gasteiger partial charge in [0.1, 0.15) is 5.78 Å². The van der Waals surface area contributed by atoms with Gasteiger partial charge in [0, 0.05) is 25.0 Å². The lowest BCUT2D eigenvalue weighted by molar-refractivity contribution is -0.121. The second-order valence-corrected chi connectivity index (χ2v) is 6.36. The molecule has 0 spiro atoms. The number of ether oxygens (including phenoxy) is 4. The van der Waals surface area contributed by atoms with Crippen LogP contribution in [-0.4, -0.2) is 84.3 Å². The second-order valence-electron chi connectivity index (χ2n) is 6.36.